The van der Waals surface area contributed by atoms with Crippen LogP contribution in [0.2, 0.25) is 0 Å². The average Bonchev–Trinajstić information content (AvgIpc) is 2.38. The van der Waals surface area contributed by atoms with Crippen LogP contribution in [-0.4, -0.2) is 65.6 Å². The maximum Gasteiger partial charge on any atom is 0.264 e. The Morgan fingerprint density at radius 1 is 1.42 bits per heavy atom. The van der Waals surface area contributed by atoms with Crippen LogP contribution < -0.4 is 5.56 Å². The number of morpholine rings is 1. The molecule has 2 rings (SSSR count). The molecule has 19 heavy (non-hydrogen) atoms. The zero-order valence-electron chi connectivity index (χ0n) is 10.4. The van der Waals surface area contributed by atoms with Gasteiger partial charge in [0.25, 0.3) is 5.56 Å². The minimum Gasteiger partial charge on any atom is -0.494 e. The Morgan fingerprint density at radius 2 is 2.16 bits per heavy atom. The number of nitrogens with one attached hydrogen (secondary N) is 2. The first-order valence-electron chi connectivity index (χ1n) is 6.02. The van der Waals surface area contributed by atoms with E-state index in [0.717, 1.165) is 32.8 Å². The van der Waals surface area contributed by atoms with Crippen molar-refractivity contribution in [3.05, 3.63) is 20.7 Å². The Morgan fingerprint density at radius 3 is 2.84 bits per heavy atom. The van der Waals surface area contributed by atoms with E-state index in [1.54, 1.807) is 0 Å². The summed E-state index contributed by atoms with van der Waals surface area (Å²) in [4.78, 5) is 22.8. The molecule has 0 aliphatic carbocycles. The Kier molecular flexibility index (Phi) is 4.83. The molecule has 0 unspecified atom stereocenters. The fourth-order valence-electron chi connectivity index (χ4n) is 1.78. The lowest BCUT2D eigenvalue weighted by atomic mass is 10.3. The summed E-state index contributed by atoms with van der Waals surface area (Å²) in [6.07, 6.45) is 1.36. The van der Waals surface area contributed by atoms with Crippen molar-refractivity contribution < 1.29 is 9.84 Å². The second-order valence-electron chi connectivity index (χ2n) is 4.16. The molecule has 0 bridgehead atoms. The van der Waals surface area contributed by atoms with Gasteiger partial charge in [0, 0.05) is 25.8 Å². The fourth-order valence-corrected chi connectivity index (χ4v) is 1.97. The lowest BCUT2D eigenvalue weighted by Crippen LogP contribution is -2.37. The van der Waals surface area contributed by atoms with Crippen LogP contribution in [0.1, 0.15) is 5.56 Å². The van der Waals surface area contributed by atoms with E-state index in [1.807, 2.05) is 0 Å². The van der Waals surface area contributed by atoms with E-state index < -0.39 is 5.56 Å². The maximum atomic E-state index is 11.5. The van der Waals surface area contributed by atoms with Crippen LogP contribution in [0.15, 0.2) is 9.79 Å². The molecule has 1 aliphatic heterocycles. The van der Waals surface area contributed by atoms with E-state index in [4.69, 9.17) is 17.0 Å². The van der Waals surface area contributed by atoms with E-state index in [9.17, 15) is 9.90 Å². The van der Waals surface area contributed by atoms with Gasteiger partial charge in [-0.05, 0) is 12.2 Å². The molecule has 3 N–H and O–H groups in total. The fraction of sp³-hybridized carbons (Fsp3) is 0.545. The molecule has 0 amide bonds. The molecule has 0 radical (unpaired) electrons. The largest absolute Gasteiger partial charge is 0.494 e. The van der Waals surface area contributed by atoms with Gasteiger partial charge < -0.3 is 14.8 Å². The Hall–Kier alpha value is -1.51. The Bertz CT molecular complexity index is 560. The van der Waals surface area contributed by atoms with Gasteiger partial charge in [-0.2, -0.15) is 0 Å². The minimum absolute atomic E-state index is 0.0907. The van der Waals surface area contributed by atoms with E-state index in [1.165, 1.54) is 6.21 Å². The van der Waals surface area contributed by atoms with Crippen LogP contribution in [0.5, 0.6) is 5.88 Å². The highest BCUT2D eigenvalue weighted by molar-refractivity contribution is 7.71. The number of ether oxygens (including phenoxy) is 1. The number of aromatic hydroxyl groups is 1. The van der Waals surface area contributed by atoms with Gasteiger partial charge in [-0.1, -0.05) is 0 Å². The normalized spacial score (nSPS) is 17.1. The minimum atomic E-state index is -0.448. The standard InChI is InChI=1S/C11H16N4O3S/c16-9-8(10(17)14-11(19)13-9)7-12-1-2-15-3-5-18-6-4-15/h7H,1-6H2,(H3,13,14,16,17,19). The van der Waals surface area contributed by atoms with E-state index in [0.29, 0.717) is 6.54 Å². The quantitative estimate of drug-likeness (QED) is 0.530. The number of nitrogens with zero attached hydrogens (tertiary/aromatic N) is 2. The van der Waals surface area contributed by atoms with E-state index >= 15 is 0 Å². The second-order valence-corrected chi connectivity index (χ2v) is 4.57. The third-order valence-electron chi connectivity index (χ3n) is 2.83. The van der Waals surface area contributed by atoms with Crippen LogP contribution in [0.4, 0.5) is 0 Å². The topological polar surface area (TPSA) is 93.7 Å². The van der Waals surface area contributed by atoms with Gasteiger partial charge >= 0.3 is 0 Å². The van der Waals surface area contributed by atoms with E-state index in [-0.39, 0.29) is 16.2 Å². The van der Waals surface area contributed by atoms with Crippen molar-refractivity contribution in [2.45, 2.75) is 0 Å². The molecular weight excluding hydrogens is 268 g/mol. The first-order chi connectivity index (χ1) is 9.16. The summed E-state index contributed by atoms with van der Waals surface area (Å²) in [5, 5.41) is 9.56. The highest BCUT2D eigenvalue weighted by Crippen LogP contribution is 2.03. The Balaban J connectivity index is 1.92. The molecule has 2 heterocycles. The summed E-state index contributed by atoms with van der Waals surface area (Å²) in [7, 11) is 0. The lowest BCUT2D eigenvalue weighted by molar-refractivity contribution is 0.0395. The van der Waals surface area contributed by atoms with Gasteiger partial charge in [0.1, 0.15) is 5.56 Å². The molecule has 0 aromatic carbocycles. The van der Waals surface area contributed by atoms with Crippen LogP contribution in [0, 0.1) is 4.77 Å². The van der Waals surface area contributed by atoms with Gasteiger partial charge in [0.05, 0.1) is 19.8 Å². The summed E-state index contributed by atoms with van der Waals surface area (Å²) in [6, 6.07) is 0. The molecule has 0 spiro atoms. The monoisotopic (exact) mass is 284 g/mol. The Labute approximate surface area is 115 Å². The van der Waals surface area contributed by atoms with Crippen molar-refractivity contribution in [1.29, 1.82) is 0 Å². The molecule has 7 nitrogen and oxygen atoms in total. The summed E-state index contributed by atoms with van der Waals surface area (Å²) < 4.78 is 5.34. The molecule has 0 saturated carbocycles. The lowest BCUT2D eigenvalue weighted by Gasteiger charge is -2.25. The SMILES string of the molecule is O=c1[nH]c(=S)[nH]c(O)c1C=NCCN1CCOCC1. The summed E-state index contributed by atoms with van der Waals surface area (Å²) in [5.74, 6) is -0.260. The first kappa shape index (κ1) is 13.9. The summed E-state index contributed by atoms with van der Waals surface area (Å²) in [6.45, 7) is 4.67. The van der Waals surface area contributed by atoms with Crippen molar-refractivity contribution in [2.75, 3.05) is 39.4 Å². The predicted octanol–water partition coefficient (Wildman–Crippen LogP) is -0.111. The van der Waals surface area contributed by atoms with Gasteiger partial charge in [0.2, 0.25) is 5.88 Å². The zero-order valence-corrected chi connectivity index (χ0v) is 11.2. The van der Waals surface area contributed by atoms with Crippen LogP contribution in [-0.2, 0) is 4.74 Å². The number of H-pyrrole nitrogens is 2. The van der Waals surface area contributed by atoms with Gasteiger partial charge in [0.15, 0.2) is 4.77 Å². The van der Waals surface area contributed by atoms with Crippen molar-refractivity contribution in [1.82, 2.24) is 14.9 Å². The van der Waals surface area contributed by atoms with Crippen molar-refractivity contribution >= 4 is 18.4 Å². The molecule has 1 fully saturated rings. The number of aromatic nitrogens is 2. The van der Waals surface area contributed by atoms with Gasteiger partial charge in [-0.15, -0.1) is 0 Å². The number of aromatic amines is 2. The van der Waals surface area contributed by atoms with E-state index in [2.05, 4.69) is 19.9 Å². The summed E-state index contributed by atoms with van der Waals surface area (Å²) in [5.41, 5.74) is -0.355. The third-order valence-corrected chi connectivity index (χ3v) is 3.03. The maximum absolute atomic E-state index is 11.5. The predicted molar refractivity (Wildman–Crippen MR) is 73.6 cm³/mol. The average molecular weight is 284 g/mol. The molecule has 1 saturated heterocycles. The van der Waals surface area contributed by atoms with Crippen LogP contribution >= 0.6 is 12.2 Å². The van der Waals surface area contributed by atoms with Crippen molar-refractivity contribution in [3.63, 3.8) is 0 Å². The molecule has 8 heteroatoms. The molecule has 0 atom stereocenters. The third kappa shape index (κ3) is 3.98. The first-order valence-corrected chi connectivity index (χ1v) is 6.43. The molecule has 1 aliphatic rings. The number of hydrogen-bond acceptors (Lipinski definition) is 6. The molecule has 1 aromatic rings. The highest BCUT2D eigenvalue weighted by atomic mass is 32.1. The van der Waals surface area contributed by atoms with Crippen LogP contribution in [0.3, 0.4) is 0 Å². The number of aliphatic imine (C=N–C) groups is 1. The van der Waals surface area contributed by atoms with Crippen molar-refractivity contribution in [2.24, 2.45) is 4.99 Å². The molecule has 1 aromatic heterocycles. The summed E-state index contributed by atoms with van der Waals surface area (Å²) >= 11 is 4.73. The van der Waals surface area contributed by atoms with Gasteiger partial charge in [-0.3, -0.25) is 19.7 Å². The van der Waals surface area contributed by atoms with Gasteiger partial charge in [-0.25, -0.2) is 0 Å². The second kappa shape index (κ2) is 6.60. The highest BCUT2D eigenvalue weighted by Gasteiger charge is 2.09. The number of rotatable bonds is 4. The zero-order chi connectivity index (χ0) is 13.7. The smallest absolute Gasteiger partial charge is 0.264 e. The molecule has 104 valence electrons. The molecular formula is C11H16N4O3S. The van der Waals surface area contributed by atoms with Crippen LogP contribution in [0.25, 0.3) is 0 Å². The number of hydrogen-bond donors (Lipinski definition) is 3. The van der Waals surface area contributed by atoms with Crippen molar-refractivity contribution in [3.8, 4) is 5.88 Å².